The average Bonchev–Trinajstić information content (AvgIpc) is 2.73. The van der Waals surface area contributed by atoms with Crippen molar-refractivity contribution < 1.29 is 22.4 Å². The minimum atomic E-state index is -4.65. The van der Waals surface area contributed by atoms with Crippen LogP contribution in [0.2, 0.25) is 0 Å². The zero-order valence-electron chi connectivity index (χ0n) is 9.95. The summed E-state index contributed by atoms with van der Waals surface area (Å²) in [4.78, 5) is 11.7. The number of amides is 1. The van der Waals surface area contributed by atoms with E-state index in [1.54, 1.807) is 6.92 Å². The minimum absolute atomic E-state index is 0.0873. The van der Waals surface area contributed by atoms with Gasteiger partial charge in [0.2, 0.25) is 5.13 Å². The molecule has 0 fully saturated rings. The molecule has 1 aromatic carbocycles. The molecule has 0 aliphatic heterocycles. The Hall–Kier alpha value is -2.03. The molecule has 0 saturated heterocycles. The molecule has 0 atom stereocenters. The van der Waals surface area contributed by atoms with Crippen LogP contribution in [0.15, 0.2) is 18.2 Å². The van der Waals surface area contributed by atoms with Crippen LogP contribution in [0.5, 0.6) is 0 Å². The van der Waals surface area contributed by atoms with Gasteiger partial charge in [-0.05, 0) is 25.1 Å². The zero-order valence-corrected chi connectivity index (χ0v) is 10.8. The third-order valence-electron chi connectivity index (χ3n) is 2.28. The molecule has 0 unspecified atom stereocenters. The van der Waals surface area contributed by atoms with Crippen molar-refractivity contribution in [2.75, 3.05) is 5.32 Å². The molecule has 2 aromatic rings. The van der Waals surface area contributed by atoms with Gasteiger partial charge in [0.05, 0.1) is 11.1 Å². The van der Waals surface area contributed by atoms with Crippen molar-refractivity contribution in [2.24, 2.45) is 0 Å². The first-order chi connectivity index (χ1) is 9.27. The summed E-state index contributed by atoms with van der Waals surface area (Å²) in [6.07, 6.45) is -4.65. The summed E-state index contributed by atoms with van der Waals surface area (Å²) in [6.45, 7) is 1.64. The number of aromatic nitrogens is 2. The lowest BCUT2D eigenvalue weighted by atomic mass is 10.1. The summed E-state index contributed by atoms with van der Waals surface area (Å²) in [7, 11) is 0. The number of hydrogen-bond acceptors (Lipinski definition) is 4. The Morgan fingerprint density at radius 2 is 2.00 bits per heavy atom. The van der Waals surface area contributed by atoms with Crippen molar-refractivity contribution in [1.82, 2.24) is 10.2 Å². The van der Waals surface area contributed by atoms with Gasteiger partial charge >= 0.3 is 6.18 Å². The summed E-state index contributed by atoms with van der Waals surface area (Å²) in [5.74, 6) is -2.05. The number of carbonyl (C=O) groups is 1. The lowest BCUT2D eigenvalue weighted by Gasteiger charge is -2.09. The summed E-state index contributed by atoms with van der Waals surface area (Å²) in [5.41, 5.74) is -1.80. The Morgan fingerprint density at radius 3 is 2.55 bits per heavy atom. The van der Waals surface area contributed by atoms with Crippen LogP contribution < -0.4 is 5.32 Å². The Kier molecular flexibility index (Phi) is 3.71. The van der Waals surface area contributed by atoms with E-state index in [0.29, 0.717) is 23.2 Å². The molecule has 106 valence electrons. The molecule has 2 rings (SSSR count). The van der Waals surface area contributed by atoms with E-state index in [1.165, 1.54) is 0 Å². The maximum Gasteiger partial charge on any atom is 0.416 e. The molecule has 0 radical (unpaired) electrons. The van der Waals surface area contributed by atoms with Crippen LogP contribution in [0, 0.1) is 12.7 Å². The van der Waals surface area contributed by atoms with Crippen LogP contribution in [-0.4, -0.2) is 16.1 Å². The van der Waals surface area contributed by atoms with E-state index >= 15 is 0 Å². The first kappa shape index (κ1) is 14.4. The number of alkyl halides is 3. The predicted molar refractivity (Wildman–Crippen MR) is 64.0 cm³/mol. The summed E-state index contributed by atoms with van der Waals surface area (Å²) in [5, 5.41) is 10.0. The minimum Gasteiger partial charge on any atom is -0.296 e. The number of nitrogens with zero attached hydrogens (tertiary/aromatic N) is 2. The largest absolute Gasteiger partial charge is 0.416 e. The first-order valence-corrected chi connectivity index (χ1v) is 6.07. The van der Waals surface area contributed by atoms with Crippen molar-refractivity contribution >= 4 is 22.4 Å². The van der Waals surface area contributed by atoms with E-state index in [2.05, 4.69) is 15.5 Å². The van der Waals surface area contributed by atoms with Gasteiger partial charge in [0.1, 0.15) is 10.8 Å². The zero-order chi connectivity index (χ0) is 14.9. The highest BCUT2D eigenvalue weighted by molar-refractivity contribution is 7.15. The highest BCUT2D eigenvalue weighted by Gasteiger charge is 2.32. The van der Waals surface area contributed by atoms with Crippen molar-refractivity contribution in [3.63, 3.8) is 0 Å². The van der Waals surface area contributed by atoms with Gasteiger partial charge in [-0.25, -0.2) is 4.39 Å². The first-order valence-electron chi connectivity index (χ1n) is 5.25. The second kappa shape index (κ2) is 5.16. The van der Waals surface area contributed by atoms with E-state index < -0.39 is 29.0 Å². The standard InChI is InChI=1S/C11H7F4N3OS/c1-5-17-18-10(20-5)16-9(19)7-4-6(11(13,14)15)2-3-8(7)12/h2-4H,1H3,(H,16,18,19). The third-order valence-corrected chi connectivity index (χ3v) is 3.04. The van der Waals surface area contributed by atoms with E-state index in [-0.39, 0.29) is 5.13 Å². The molecule has 20 heavy (non-hydrogen) atoms. The van der Waals surface area contributed by atoms with Gasteiger partial charge in [0, 0.05) is 0 Å². The highest BCUT2D eigenvalue weighted by atomic mass is 32.1. The molecule has 1 amide bonds. The fourth-order valence-corrected chi connectivity index (χ4v) is 1.97. The van der Waals surface area contributed by atoms with Gasteiger partial charge in [-0.15, -0.1) is 10.2 Å². The average molecular weight is 305 g/mol. The van der Waals surface area contributed by atoms with Crippen molar-refractivity contribution in [3.8, 4) is 0 Å². The fraction of sp³-hybridized carbons (Fsp3) is 0.182. The smallest absolute Gasteiger partial charge is 0.296 e. The Balaban J connectivity index is 2.29. The SMILES string of the molecule is Cc1nnc(NC(=O)c2cc(C(F)(F)F)ccc2F)s1. The van der Waals surface area contributed by atoms with Crippen LogP contribution >= 0.6 is 11.3 Å². The normalized spacial score (nSPS) is 11.4. The molecule has 1 N–H and O–H groups in total. The van der Waals surface area contributed by atoms with Crippen molar-refractivity contribution in [3.05, 3.63) is 40.2 Å². The number of anilines is 1. The van der Waals surface area contributed by atoms with Crippen LogP contribution in [0.1, 0.15) is 20.9 Å². The summed E-state index contributed by atoms with van der Waals surface area (Å²) < 4.78 is 51.0. The maximum atomic E-state index is 13.5. The Morgan fingerprint density at radius 1 is 1.30 bits per heavy atom. The van der Waals surface area contributed by atoms with E-state index in [1.807, 2.05) is 0 Å². The Labute approximate surface area is 114 Å². The summed E-state index contributed by atoms with van der Waals surface area (Å²) >= 11 is 1.03. The van der Waals surface area contributed by atoms with Crippen molar-refractivity contribution in [1.29, 1.82) is 0 Å². The van der Waals surface area contributed by atoms with Gasteiger partial charge in [0.25, 0.3) is 5.91 Å². The van der Waals surface area contributed by atoms with Crippen LogP contribution in [0.4, 0.5) is 22.7 Å². The highest BCUT2D eigenvalue weighted by Crippen LogP contribution is 2.30. The number of nitrogens with one attached hydrogen (secondary N) is 1. The van der Waals surface area contributed by atoms with E-state index in [9.17, 15) is 22.4 Å². The summed E-state index contributed by atoms with van der Waals surface area (Å²) in [6, 6.07) is 1.63. The van der Waals surface area contributed by atoms with Crippen LogP contribution in [-0.2, 0) is 6.18 Å². The molecular formula is C11H7F4N3OS. The number of halogens is 4. The molecule has 4 nitrogen and oxygen atoms in total. The second-order valence-electron chi connectivity index (χ2n) is 3.77. The van der Waals surface area contributed by atoms with Crippen LogP contribution in [0.3, 0.4) is 0 Å². The lowest BCUT2D eigenvalue weighted by molar-refractivity contribution is -0.137. The van der Waals surface area contributed by atoms with Gasteiger partial charge in [0.15, 0.2) is 0 Å². The number of rotatable bonds is 2. The molecule has 0 saturated carbocycles. The predicted octanol–water partition coefficient (Wildman–Crippen LogP) is 3.26. The topological polar surface area (TPSA) is 54.9 Å². The van der Waals surface area contributed by atoms with E-state index in [4.69, 9.17) is 0 Å². The fourth-order valence-electron chi connectivity index (χ4n) is 1.39. The molecular weight excluding hydrogens is 298 g/mol. The van der Waals surface area contributed by atoms with Gasteiger partial charge in [-0.1, -0.05) is 11.3 Å². The molecule has 1 aromatic heterocycles. The van der Waals surface area contributed by atoms with Gasteiger partial charge < -0.3 is 0 Å². The molecule has 9 heteroatoms. The Bertz CT molecular complexity index is 653. The third kappa shape index (κ3) is 3.10. The maximum absolute atomic E-state index is 13.5. The number of carbonyl (C=O) groups excluding carboxylic acids is 1. The van der Waals surface area contributed by atoms with Crippen LogP contribution in [0.25, 0.3) is 0 Å². The van der Waals surface area contributed by atoms with Crippen molar-refractivity contribution in [2.45, 2.75) is 13.1 Å². The van der Waals surface area contributed by atoms with Gasteiger partial charge in [-0.3, -0.25) is 10.1 Å². The quantitative estimate of drug-likeness (QED) is 0.867. The molecule has 0 aliphatic rings. The number of benzene rings is 1. The monoisotopic (exact) mass is 305 g/mol. The molecule has 0 bridgehead atoms. The number of hydrogen-bond donors (Lipinski definition) is 1. The number of aryl methyl sites for hydroxylation is 1. The van der Waals surface area contributed by atoms with E-state index in [0.717, 1.165) is 11.3 Å². The molecule has 0 spiro atoms. The molecule has 1 heterocycles. The second-order valence-corrected chi connectivity index (χ2v) is 4.95. The molecule has 0 aliphatic carbocycles. The van der Waals surface area contributed by atoms with Gasteiger partial charge in [-0.2, -0.15) is 13.2 Å². The lowest BCUT2D eigenvalue weighted by Crippen LogP contribution is -2.15.